The maximum atomic E-state index is 12.8. The number of nitrogens with zero attached hydrogens (tertiary/aromatic N) is 1. The fraction of sp³-hybridized carbons (Fsp3) is 0.318. The Bertz CT molecular complexity index is 1150. The molecule has 0 bridgehead atoms. The molecule has 2 N–H and O–H groups in total. The van der Waals surface area contributed by atoms with Gasteiger partial charge >= 0.3 is 5.97 Å². The molecule has 1 unspecified atom stereocenters. The Hall–Kier alpha value is -2.64. The predicted molar refractivity (Wildman–Crippen MR) is 121 cm³/mol. The SMILES string of the molecule is CCC(C)Cc1c(C)sc2nc(/C(Cl)=C/c3ccc(OCC(=O)O)cc3)[nH]c(=O)c12. The molecule has 3 aromatic rings. The maximum Gasteiger partial charge on any atom is 0.341 e. The molecule has 0 aliphatic carbocycles. The molecule has 0 amide bonds. The number of aryl methyl sites for hydroxylation is 1. The summed E-state index contributed by atoms with van der Waals surface area (Å²) in [6.45, 7) is 5.94. The number of carboxylic acids is 1. The highest BCUT2D eigenvalue weighted by atomic mass is 35.5. The number of ether oxygens (including phenoxy) is 1. The topological polar surface area (TPSA) is 92.3 Å². The highest BCUT2D eigenvalue weighted by Crippen LogP contribution is 2.31. The number of hydrogen-bond acceptors (Lipinski definition) is 5. The van der Waals surface area contributed by atoms with Crippen molar-refractivity contribution >= 4 is 50.2 Å². The molecule has 2 aromatic heterocycles. The first-order valence-electron chi connectivity index (χ1n) is 9.63. The molecule has 1 aromatic carbocycles. The third-order valence-corrected chi connectivity index (χ3v) is 6.20. The molecule has 0 saturated carbocycles. The van der Waals surface area contributed by atoms with Crippen LogP contribution in [0, 0.1) is 12.8 Å². The monoisotopic (exact) mass is 446 g/mol. The Balaban J connectivity index is 1.89. The highest BCUT2D eigenvalue weighted by Gasteiger charge is 2.17. The fourth-order valence-electron chi connectivity index (χ4n) is 3.05. The van der Waals surface area contributed by atoms with E-state index < -0.39 is 12.6 Å². The van der Waals surface area contributed by atoms with Crippen molar-refractivity contribution in [2.45, 2.75) is 33.6 Å². The summed E-state index contributed by atoms with van der Waals surface area (Å²) < 4.78 is 5.11. The van der Waals surface area contributed by atoms with E-state index in [2.05, 4.69) is 23.8 Å². The summed E-state index contributed by atoms with van der Waals surface area (Å²) >= 11 is 7.94. The summed E-state index contributed by atoms with van der Waals surface area (Å²) in [6, 6.07) is 6.80. The van der Waals surface area contributed by atoms with Gasteiger partial charge in [-0.2, -0.15) is 0 Å². The molecule has 0 aliphatic rings. The van der Waals surface area contributed by atoms with Gasteiger partial charge in [0, 0.05) is 4.88 Å². The summed E-state index contributed by atoms with van der Waals surface area (Å²) in [5, 5.41) is 9.63. The normalized spacial score (nSPS) is 12.9. The van der Waals surface area contributed by atoms with Crippen molar-refractivity contribution in [2.75, 3.05) is 6.61 Å². The summed E-state index contributed by atoms with van der Waals surface area (Å²) in [6.07, 6.45) is 3.59. The predicted octanol–water partition coefficient (Wildman–Crippen LogP) is 5.08. The van der Waals surface area contributed by atoms with E-state index in [-0.39, 0.29) is 5.56 Å². The number of aromatic amines is 1. The number of benzene rings is 1. The number of fused-ring (bicyclic) bond motifs is 1. The van der Waals surface area contributed by atoms with Gasteiger partial charge in [0.1, 0.15) is 10.6 Å². The number of aromatic nitrogens is 2. The fourth-order valence-corrected chi connectivity index (χ4v) is 4.32. The Morgan fingerprint density at radius 2 is 2.07 bits per heavy atom. The number of aliphatic carboxylic acids is 1. The van der Waals surface area contributed by atoms with Crippen LogP contribution in [0.1, 0.15) is 42.1 Å². The van der Waals surface area contributed by atoms with Crippen molar-refractivity contribution < 1.29 is 14.6 Å². The molecular formula is C22H23ClN2O4S. The van der Waals surface area contributed by atoms with Gasteiger partial charge in [0.05, 0.1) is 10.4 Å². The minimum absolute atomic E-state index is 0.179. The molecule has 158 valence electrons. The van der Waals surface area contributed by atoms with Crippen LogP contribution in [0.2, 0.25) is 0 Å². The van der Waals surface area contributed by atoms with Crippen LogP contribution < -0.4 is 10.3 Å². The van der Waals surface area contributed by atoms with Gasteiger partial charge in [0.25, 0.3) is 5.56 Å². The van der Waals surface area contributed by atoms with E-state index in [4.69, 9.17) is 21.4 Å². The molecule has 0 fully saturated rings. The van der Waals surface area contributed by atoms with E-state index in [0.717, 1.165) is 28.8 Å². The zero-order chi connectivity index (χ0) is 21.8. The molecule has 0 radical (unpaired) electrons. The first-order valence-corrected chi connectivity index (χ1v) is 10.8. The lowest BCUT2D eigenvalue weighted by Gasteiger charge is -2.08. The summed E-state index contributed by atoms with van der Waals surface area (Å²) in [5.74, 6) is 0.216. The van der Waals surface area contributed by atoms with Gasteiger partial charge in [-0.15, -0.1) is 11.3 Å². The van der Waals surface area contributed by atoms with Gasteiger partial charge in [0.15, 0.2) is 12.4 Å². The quantitative estimate of drug-likeness (QED) is 0.503. The van der Waals surface area contributed by atoms with Crippen LogP contribution in [0.5, 0.6) is 5.75 Å². The maximum absolute atomic E-state index is 12.8. The molecule has 6 nitrogen and oxygen atoms in total. The van der Waals surface area contributed by atoms with Crippen molar-refractivity contribution in [3.8, 4) is 5.75 Å². The number of hydrogen-bond donors (Lipinski definition) is 2. The molecule has 2 heterocycles. The molecule has 8 heteroatoms. The summed E-state index contributed by atoms with van der Waals surface area (Å²) in [4.78, 5) is 32.6. The molecule has 1 atom stereocenters. The van der Waals surface area contributed by atoms with E-state index in [1.165, 1.54) is 11.3 Å². The van der Waals surface area contributed by atoms with Gasteiger partial charge in [-0.3, -0.25) is 4.79 Å². The summed E-state index contributed by atoms with van der Waals surface area (Å²) in [7, 11) is 0. The zero-order valence-electron chi connectivity index (χ0n) is 17.0. The van der Waals surface area contributed by atoms with E-state index in [9.17, 15) is 9.59 Å². The van der Waals surface area contributed by atoms with Crippen LogP contribution in [0.4, 0.5) is 0 Å². The molecule has 0 aliphatic heterocycles. The largest absolute Gasteiger partial charge is 0.482 e. The minimum atomic E-state index is -1.04. The average molecular weight is 447 g/mol. The average Bonchev–Trinajstić information content (AvgIpc) is 3.02. The molecule has 30 heavy (non-hydrogen) atoms. The van der Waals surface area contributed by atoms with Crippen molar-refractivity contribution in [2.24, 2.45) is 5.92 Å². The van der Waals surface area contributed by atoms with Crippen LogP contribution in [-0.4, -0.2) is 27.7 Å². The van der Waals surface area contributed by atoms with Gasteiger partial charge in [-0.05, 0) is 48.6 Å². The van der Waals surface area contributed by atoms with Crippen LogP contribution in [0.3, 0.4) is 0 Å². The van der Waals surface area contributed by atoms with Crippen LogP contribution >= 0.6 is 22.9 Å². The number of thiophene rings is 1. The van der Waals surface area contributed by atoms with Gasteiger partial charge in [-0.1, -0.05) is 44.0 Å². The lowest BCUT2D eigenvalue weighted by atomic mass is 9.98. The Morgan fingerprint density at radius 1 is 1.37 bits per heavy atom. The highest BCUT2D eigenvalue weighted by molar-refractivity contribution is 7.18. The number of nitrogens with one attached hydrogen (secondary N) is 1. The van der Waals surface area contributed by atoms with Crippen molar-refractivity contribution in [1.29, 1.82) is 0 Å². The summed E-state index contributed by atoms with van der Waals surface area (Å²) in [5.41, 5.74) is 1.66. The van der Waals surface area contributed by atoms with Crippen LogP contribution in [0.25, 0.3) is 21.3 Å². The van der Waals surface area contributed by atoms with Gasteiger partial charge < -0.3 is 14.8 Å². The third kappa shape index (κ3) is 5.09. The lowest BCUT2D eigenvalue weighted by molar-refractivity contribution is -0.139. The number of carbonyl (C=O) groups is 1. The second-order valence-corrected chi connectivity index (χ2v) is 8.80. The second-order valence-electron chi connectivity index (χ2n) is 7.19. The van der Waals surface area contributed by atoms with Crippen molar-refractivity contribution in [3.05, 3.63) is 56.4 Å². The van der Waals surface area contributed by atoms with E-state index in [1.54, 1.807) is 30.3 Å². The number of H-pyrrole nitrogens is 1. The number of halogens is 1. The van der Waals surface area contributed by atoms with E-state index >= 15 is 0 Å². The Labute approximate surface area is 183 Å². The van der Waals surface area contributed by atoms with Crippen LogP contribution in [0.15, 0.2) is 29.1 Å². The molecular weight excluding hydrogens is 424 g/mol. The minimum Gasteiger partial charge on any atom is -0.482 e. The molecule has 0 saturated heterocycles. The Kier molecular flexibility index (Phi) is 6.95. The van der Waals surface area contributed by atoms with Crippen molar-refractivity contribution in [1.82, 2.24) is 9.97 Å². The lowest BCUT2D eigenvalue weighted by Crippen LogP contribution is -2.12. The van der Waals surface area contributed by atoms with E-state index in [1.807, 2.05) is 6.92 Å². The number of carboxylic acid groups (broad SMARTS) is 1. The van der Waals surface area contributed by atoms with Crippen LogP contribution in [-0.2, 0) is 11.2 Å². The third-order valence-electron chi connectivity index (χ3n) is 4.87. The standard InChI is InChI=1S/C22H23ClN2O4S/c1-4-12(2)9-16-13(3)30-22-19(16)21(28)24-20(25-22)17(23)10-14-5-7-15(8-6-14)29-11-18(26)27/h5-8,10,12H,4,9,11H2,1-3H3,(H,26,27)(H,24,25,28)/b17-10-. The first kappa shape index (κ1) is 22.1. The van der Waals surface area contributed by atoms with Gasteiger partial charge in [-0.25, -0.2) is 9.78 Å². The first-order chi connectivity index (χ1) is 14.3. The number of rotatable bonds is 8. The van der Waals surface area contributed by atoms with Gasteiger partial charge in [0.2, 0.25) is 0 Å². The zero-order valence-corrected chi connectivity index (χ0v) is 18.6. The second kappa shape index (κ2) is 9.45. The Morgan fingerprint density at radius 3 is 2.70 bits per heavy atom. The smallest absolute Gasteiger partial charge is 0.341 e. The van der Waals surface area contributed by atoms with E-state index in [0.29, 0.717) is 32.7 Å². The van der Waals surface area contributed by atoms with Crippen molar-refractivity contribution in [3.63, 3.8) is 0 Å². The molecule has 0 spiro atoms. The molecule has 3 rings (SSSR count).